The van der Waals surface area contributed by atoms with E-state index in [2.05, 4.69) is 0 Å². The molecule has 0 radical (unpaired) electrons. The van der Waals surface area contributed by atoms with Crippen molar-refractivity contribution < 1.29 is 23.4 Å². The number of carboxylic acid groups (broad SMARTS) is 1. The summed E-state index contributed by atoms with van der Waals surface area (Å²) in [5.74, 6) is -2.68. The second-order valence-electron chi connectivity index (χ2n) is 4.74. The van der Waals surface area contributed by atoms with Crippen LogP contribution < -0.4 is 0 Å². The topological polar surface area (TPSA) is 91.7 Å². The van der Waals surface area contributed by atoms with Crippen LogP contribution in [0, 0.1) is 11.8 Å². The molecule has 0 saturated carbocycles. The number of hydrogen-bond donors (Lipinski definition) is 2. The number of aliphatic hydroxyl groups is 1. The maximum atomic E-state index is 11.4. The second kappa shape index (κ2) is 4.33. The van der Waals surface area contributed by atoms with Crippen molar-refractivity contribution in [3.63, 3.8) is 0 Å². The van der Waals surface area contributed by atoms with Gasteiger partial charge in [-0.1, -0.05) is 13.8 Å². The van der Waals surface area contributed by atoms with Crippen LogP contribution in [0.2, 0.25) is 0 Å². The van der Waals surface area contributed by atoms with Gasteiger partial charge in [0.2, 0.25) is 0 Å². The zero-order valence-corrected chi connectivity index (χ0v) is 10.3. The lowest BCUT2D eigenvalue weighted by molar-refractivity contribution is -0.171. The molecule has 16 heavy (non-hydrogen) atoms. The minimum Gasteiger partial charge on any atom is -0.479 e. The van der Waals surface area contributed by atoms with Gasteiger partial charge in [-0.3, -0.25) is 0 Å². The first-order chi connectivity index (χ1) is 7.20. The first-order valence-electron chi connectivity index (χ1n) is 5.36. The maximum Gasteiger partial charge on any atom is 0.336 e. The summed E-state index contributed by atoms with van der Waals surface area (Å²) in [6.07, 6.45) is 0.871. The van der Waals surface area contributed by atoms with Crippen molar-refractivity contribution >= 4 is 15.8 Å². The van der Waals surface area contributed by atoms with E-state index in [4.69, 9.17) is 5.11 Å². The van der Waals surface area contributed by atoms with Gasteiger partial charge in [0.25, 0.3) is 0 Å². The SMILES string of the molecule is CC(C)C(O)(C(=O)O)C1CCCS(=O)(=O)C1. The number of hydrogen-bond acceptors (Lipinski definition) is 4. The highest BCUT2D eigenvalue weighted by atomic mass is 32.2. The van der Waals surface area contributed by atoms with Crippen LogP contribution in [0.25, 0.3) is 0 Å². The van der Waals surface area contributed by atoms with Crippen LogP contribution >= 0.6 is 0 Å². The van der Waals surface area contributed by atoms with Crippen LogP contribution in [0.5, 0.6) is 0 Å². The number of carbonyl (C=O) groups is 1. The highest BCUT2D eigenvalue weighted by Crippen LogP contribution is 2.34. The molecule has 0 aromatic rings. The Balaban J connectivity index is 3.01. The Labute approximate surface area is 95.4 Å². The molecule has 2 atom stereocenters. The van der Waals surface area contributed by atoms with Gasteiger partial charge in [0, 0.05) is 5.92 Å². The van der Waals surface area contributed by atoms with Crippen molar-refractivity contribution in [2.75, 3.05) is 11.5 Å². The van der Waals surface area contributed by atoms with Crippen LogP contribution in [0.4, 0.5) is 0 Å². The van der Waals surface area contributed by atoms with Crippen LogP contribution in [-0.2, 0) is 14.6 Å². The smallest absolute Gasteiger partial charge is 0.336 e. The van der Waals surface area contributed by atoms with Gasteiger partial charge < -0.3 is 10.2 Å². The average Bonchev–Trinajstić information content (AvgIpc) is 2.14. The summed E-state index contributed by atoms with van der Waals surface area (Å²) < 4.78 is 22.9. The van der Waals surface area contributed by atoms with Crippen molar-refractivity contribution in [1.29, 1.82) is 0 Å². The van der Waals surface area contributed by atoms with Crippen LogP contribution in [-0.4, -0.2) is 41.7 Å². The molecule has 1 fully saturated rings. The molecule has 0 bridgehead atoms. The van der Waals surface area contributed by atoms with E-state index in [1.807, 2.05) is 0 Å². The fourth-order valence-electron chi connectivity index (χ4n) is 2.26. The lowest BCUT2D eigenvalue weighted by Crippen LogP contribution is -2.53. The minimum atomic E-state index is -3.21. The molecule has 94 valence electrons. The minimum absolute atomic E-state index is 0.0945. The van der Waals surface area contributed by atoms with Crippen molar-refractivity contribution in [2.45, 2.75) is 32.3 Å². The van der Waals surface area contributed by atoms with E-state index in [0.717, 1.165) is 0 Å². The third-order valence-corrected chi connectivity index (χ3v) is 5.13. The zero-order valence-electron chi connectivity index (χ0n) is 9.51. The molecular formula is C10H18O5S. The predicted molar refractivity (Wildman–Crippen MR) is 58.8 cm³/mol. The number of aliphatic carboxylic acids is 1. The Morgan fingerprint density at radius 3 is 2.38 bits per heavy atom. The molecular weight excluding hydrogens is 232 g/mol. The molecule has 5 nitrogen and oxygen atoms in total. The van der Waals surface area contributed by atoms with E-state index in [0.29, 0.717) is 12.8 Å². The lowest BCUT2D eigenvalue weighted by atomic mass is 9.77. The summed E-state index contributed by atoms with van der Waals surface area (Å²) in [4.78, 5) is 11.1. The van der Waals surface area contributed by atoms with Crippen molar-refractivity contribution in [2.24, 2.45) is 11.8 Å². The summed E-state index contributed by atoms with van der Waals surface area (Å²) in [6, 6.07) is 0. The molecule has 2 unspecified atom stereocenters. The Morgan fingerprint density at radius 2 is 2.00 bits per heavy atom. The second-order valence-corrected chi connectivity index (χ2v) is 6.97. The van der Waals surface area contributed by atoms with Gasteiger partial charge in [0.15, 0.2) is 15.4 Å². The highest BCUT2D eigenvalue weighted by Gasteiger charge is 2.49. The van der Waals surface area contributed by atoms with Gasteiger partial charge in [-0.2, -0.15) is 0 Å². The van der Waals surface area contributed by atoms with E-state index < -0.39 is 33.2 Å². The molecule has 6 heteroatoms. The summed E-state index contributed by atoms with van der Waals surface area (Å²) >= 11 is 0. The Hall–Kier alpha value is -0.620. The highest BCUT2D eigenvalue weighted by molar-refractivity contribution is 7.91. The third-order valence-electron chi connectivity index (χ3n) is 3.31. The third kappa shape index (κ3) is 2.38. The van der Waals surface area contributed by atoms with Crippen LogP contribution in [0.3, 0.4) is 0 Å². The van der Waals surface area contributed by atoms with Crippen LogP contribution in [0.1, 0.15) is 26.7 Å². The van der Waals surface area contributed by atoms with Crippen molar-refractivity contribution in [3.8, 4) is 0 Å². The molecule has 1 rings (SSSR count). The Kier molecular flexibility index (Phi) is 3.64. The molecule has 2 N–H and O–H groups in total. The monoisotopic (exact) mass is 250 g/mol. The first-order valence-corrected chi connectivity index (χ1v) is 7.18. The Morgan fingerprint density at radius 1 is 1.44 bits per heavy atom. The molecule has 0 aromatic carbocycles. The van der Waals surface area contributed by atoms with Gasteiger partial charge in [0.1, 0.15) is 0 Å². The van der Waals surface area contributed by atoms with E-state index in [1.54, 1.807) is 13.8 Å². The maximum absolute atomic E-state index is 11.4. The number of sulfone groups is 1. The number of carboxylic acids is 1. The molecule has 0 spiro atoms. The van der Waals surface area contributed by atoms with E-state index >= 15 is 0 Å². The molecule has 1 heterocycles. The van der Waals surface area contributed by atoms with E-state index in [1.165, 1.54) is 0 Å². The van der Waals surface area contributed by atoms with Gasteiger partial charge >= 0.3 is 5.97 Å². The molecule has 1 saturated heterocycles. The molecule has 0 aromatic heterocycles. The average molecular weight is 250 g/mol. The first kappa shape index (κ1) is 13.4. The zero-order chi connectivity index (χ0) is 12.6. The quantitative estimate of drug-likeness (QED) is 0.750. The fraction of sp³-hybridized carbons (Fsp3) is 0.900. The standard InChI is InChI=1S/C10H18O5S/c1-7(2)10(13,9(11)12)8-4-3-5-16(14,15)6-8/h7-8,13H,3-6H2,1-2H3,(H,11,12). The van der Waals surface area contributed by atoms with Gasteiger partial charge in [-0.25, -0.2) is 13.2 Å². The Bertz CT molecular complexity index is 373. The predicted octanol–water partition coefficient (Wildman–Crippen LogP) is 0.283. The number of rotatable bonds is 3. The van der Waals surface area contributed by atoms with Crippen molar-refractivity contribution in [3.05, 3.63) is 0 Å². The molecule has 0 amide bonds. The summed E-state index contributed by atoms with van der Waals surface area (Å²) in [5, 5.41) is 19.2. The summed E-state index contributed by atoms with van der Waals surface area (Å²) in [6.45, 7) is 3.19. The van der Waals surface area contributed by atoms with Crippen LogP contribution in [0.15, 0.2) is 0 Å². The largest absolute Gasteiger partial charge is 0.479 e. The van der Waals surface area contributed by atoms with Gasteiger partial charge in [-0.15, -0.1) is 0 Å². The fourth-order valence-corrected chi connectivity index (χ4v) is 4.07. The molecule has 1 aliphatic heterocycles. The van der Waals surface area contributed by atoms with E-state index in [-0.39, 0.29) is 11.5 Å². The summed E-state index contributed by atoms with van der Waals surface area (Å²) in [7, 11) is -3.21. The lowest BCUT2D eigenvalue weighted by Gasteiger charge is -2.37. The van der Waals surface area contributed by atoms with Crippen molar-refractivity contribution in [1.82, 2.24) is 0 Å². The summed E-state index contributed by atoms with van der Waals surface area (Å²) in [5.41, 5.74) is -1.94. The normalized spacial score (nSPS) is 28.6. The molecule has 0 aliphatic carbocycles. The van der Waals surface area contributed by atoms with Gasteiger partial charge in [-0.05, 0) is 18.8 Å². The van der Waals surface area contributed by atoms with E-state index in [9.17, 15) is 18.3 Å². The van der Waals surface area contributed by atoms with Gasteiger partial charge in [0.05, 0.1) is 11.5 Å². The molecule has 1 aliphatic rings.